The van der Waals surface area contributed by atoms with Crippen LogP contribution in [0, 0.1) is 0 Å². The highest BCUT2D eigenvalue weighted by molar-refractivity contribution is 7.89. The van der Waals surface area contributed by atoms with E-state index in [9.17, 15) is 8.42 Å². The second-order valence-corrected chi connectivity index (χ2v) is 7.82. The van der Waals surface area contributed by atoms with E-state index in [0.29, 0.717) is 30.6 Å². The maximum absolute atomic E-state index is 12.6. The van der Waals surface area contributed by atoms with Crippen LogP contribution in [0.5, 0.6) is 5.75 Å². The van der Waals surface area contributed by atoms with Crippen LogP contribution < -0.4 is 4.74 Å². The molecule has 3 heterocycles. The lowest BCUT2D eigenvalue weighted by atomic mass is 10.0. The number of benzene rings is 1. The van der Waals surface area contributed by atoms with E-state index in [0.717, 1.165) is 5.56 Å². The summed E-state index contributed by atoms with van der Waals surface area (Å²) in [5, 5.41) is 3.96. The lowest BCUT2D eigenvalue weighted by Crippen LogP contribution is -2.48. The molecule has 1 saturated heterocycles. The Hall–Kier alpha value is -2.78. The standard InChI is InChI=1S/C17H16N4O4S/c1-24-14-2-4-15(5-3-14)26(22,23)21-10-13(11-21)17-19-16(20-25-17)12-6-8-18-9-7-12/h2-9,13H,10-11H2,1H3. The minimum absolute atomic E-state index is 0.105. The SMILES string of the molecule is COc1ccc(S(=O)(=O)N2CC(c3nc(-c4ccncc4)no3)C2)cc1. The minimum Gasteiger partial charge on any atom is -0.497 e. The lowest BCUT2D eigenvalue weighted by molar-refractivity contribution is 0.217. The fourth-order valence-electron chi connectivity index (χ4n) is 2.71. The monoisotopic (exact) mass is 372 g/mol. The van der Waals surface area contributed by atoms with E-state index in [1.165, 1.54) is 23.5 Å². The molecule has 0 bridgehead atoms. The number of ether oxygens (including phenoxy) is 1. The molecule has 0 radical (unpaired) electrons. The summed E-state index contributed by atoms with van der Waals surface area (Å²) in [5.74, 6) is 1.42. The predicted molar refractivity (Wildman–Crippen MR) is 92.0 cm³/mol. The fraction of sp³-hybridized carbons (Fsp3) is 0.235. The van der Waals surface area contributed by atoms with Gasteiger partial charge in [-0.05, 0) is 36.4 Å². The summed E-state index contributed by atoms with van der Waals surface area (Å²) in [6.45, 7) is 0.624. The van der Waals surface area contributed by atoms with E-state index in [-0.39, 0.29) is 10.8 Å². The molecule has 2 aromatic heterocycles. The molecule has 1 fully saturated rings. The van der Waals surface area contributed by atoms with Gasteiger partial charge in [0.05, 0.1) is 17.9 Å². The molecule has 134 valence electrons. The molecule has 9 heteroatoms. The Morgan fingerprint density at radius 3 is 2.46 bits per heavy atom. The molecule has 8 nitrogen and oxygen atoms in total. The number of hydrogen-bond donors (Lipinski definition) is 0. The second kappa shape index (κ2) is 6.50. The summed E-state index contributed by atoms with van der Waals surface area (Å²) in [6, 6.07) is 9.91. The number of rotatable bonds is 5. The van der Waals surface area contributed by atoms with Crippen molar-refractivity contribution in [1.29, 1.82) is 0 Å². The number of aromatic nitrogens is 3. The molecule has 0 aliphatic carbocycles. The molecule has 26 heavy (non-hydrogen) atoms. The van der Waals surface area contributed by atoms with E-state index in [2.05, 4.69) is 15.1 Å². The zero-order valence-electron chi connectivity index (χ0n) is 13.9. The van der Waals surface area contributed by atoms with Gasteiger partial charge in [-0.2, -0.15) is 9.29 Å². The Kier molecular flexibility index (Phi) is 4.17. The Morgan fingerprint density at radius 2 is 1.81 bits per heavy atom. The van der Waals surface area contributed by atoms with Crippen molar-refractivity contribution >= 4 is 10.0 Å². The predicted octanol–water partition coefficient (Wildman–Crippen LogP) is 1.93. The van der Waals surface area contributed by atoms with Crippen molar-refractivity contribution in [2.75, 3.05) is 20.2 Å². The van der Waals surface area contributed by atoms with E-state index >= 15 is 0 Å². The van der Waals surface area contributed by atoms with Gasteiger partial charge in [0, 0.05) is 31.0 Å². The first kappa shape index (κ1) is 16.7. The van der Waals surface area contributed by atoms with Gasteiger partial charge in [-0.15, -0.1) is 0 Å². The summed E-state index contributed by atoms with van der Waals surface area (Å²) in [4.78, 5) is 8.56. The molecule has 3 aromatic rings. The van der Waals surface area contributed by atoms with Crippen LogP contribution in [0.25, 0.3) is 11.4 Å². The number of sulfonamides is 1. The van der Waals surface area contributed by atoms with Crippen molar-refractivity contribution in [3.8, 4) is 17.1 Å². The topological polar surface area (TPSA) is 98.4 Å². The van der Waals surface area contributed by atoms with E-state index in [1.54, 1.807) is 36.7 Å². The smallest absolute Gasteiger partial charge is 0.243 e. The Morgan fingerprint density at radius 1 is 1.12 bits per heavy atom. The molecule has 4 rings (SSSR count). The van der Waals surface area contributed by atoms with Crippen molar-refractivity contribution in [2.45, 2.75) is 10.8 Å². The normalized spacial score (nSPS) is 15.6. The van der Waals surface area contributed by atoms with Gasteiger partial charge in [0.15, 0.2) is 0 Å². The second-order valence-electron chi connectivity index (χ2n) is 5.89. The first-order chi connectivity index (χ1) is 12.6. The first-order valence-electron chi connectivity index (χ1n) is 7.96. The highest BCUT2D eigenvalue weighted by Gasteiger charge is 2.40. The third-order valence-corrected chi connectivity index (χ3v) is 6.12. The average molecular weight is 372 g/mol. The molecule has 0 saturated carbocycles. The molecule has 1 aromatic carbocycles. The van der Waals surface area contributed by atoms with Gasteiger partial charge in [0.25, 0.3) is 0 Å². The summed E-state index contributed by atoms with van der Waals surface area (Å²) < 4.78 is 37.0. The molecule has 0 amide bonds. The number of pyridine rings is 1. The van der Waals surface area contributed by atoms with Crippen LogP contribution in [0.15, 0.2) is 58.2 Å². The highest BCUT2D eigenvalue weighted by Crippen LogP contribution is 2.32. The molecule has 0 atom stereocenters. The summed E-state index contributed by atoms with van der Waals surface area (Å²) in [6.07, 6.45) is 3.30. The summed E-state index contributed by atoms with van der Waals surface area (Å²) >= 11 is 0. The van der Waals surface area contributed by atoms with E-state index in [1.807, 2.05) is 0 Å². The Bertz CT molecular complexity index is 997. The molecule has 0 spiro atoms. The zero-order chi connectivity index (χ0) is 18.1. The fourth-order valence-corrected chi connectivity index (χ4v) is 4.24. The number of hydrogen-bond acceptors (Lipinski definition) is 7. The lowest BCUT2D eigenvalue weighted by Gasteiger charge is -2.35. The van der Waals surface area contributed by atoms with Crippen molar-refractivity contribution in [3.05, 3.63) is 54.7 Å². The van der Waals surface area contributed by atoms with Crippen LogP contribution in [0.4, 0.5) is 0 Å². The van der Waals surface area contributed by atoms with Crippen molar-refractivity contribution in [1.82, 2.24) is 19.4 Å². The van der Waals surface area contributed by atoms with Crippen LogP contribution in [-0.4, -0.2) is 48.0 Å². The summed E-state index contributed by atoms with van der Waals surface area (Å²) in [5.41, 5.74) is 0.803. The van der Waals surface area contributed by atoms with Gasteiger partial charge in [0.2, 0.25) is 21.7 Å². The first-order valence-corrected chi connectivity index (χ1v) is 9.40. The van der Waals surface area contributed by atoms with Crippen LogP contribution in [0.3, 0.4) is 0 Å². The molecule has 0 N–H and O–H groups in total. The molecular formula is C17H16N4O4S. The van der Waals surface area contributed by atoms with Gasteiger partial charge in [-0.25, -0.2) is 8.42 Å². The number of methoxy groups -OCH3 is 1. The van der Waals surface area contributed by atoms with Gasteiger partial charge < -0.3 is 9.26 Å². The quantitative estimate of drug-likeness (QED) is 0.675. The van der Waals surface area contributed by atoms with Crippen molar-refractivity contribution in [3.63, 3.8) is 0 Å². The zero-order valence-corrected chi connectivity index (χ0v) is 14.8. The third-order valence-electron chi connectivity index (χ3n) is 4.27. The Labute approximate surface area is 150 Å². The molecule has 1 aliphatic rings. The summed E-state index contributed by atoms with van der Waals surface area (Å²) in [7, 11) is -2.00. The van der Waals surface area contributed by atoms with Gasteiger partial charge >= 0.3 is 0 Å². The van der Waals surface area contributed by atoms with E-state index in [4.69, 9.17) is 9.26 Å². The Balaban J connectivity index is 1.46. The maximum Gasteiger partial charge on any atom is 0.243 e. The minimum atomic E-state index is -3.53. The molecule has 1 aliphatic heterocycles. The van der Waals surface area contributed by atoms with Gasteiger partial charge in [-0.3, -0.25) is 4.98 Å². The number of nitrogens with zero attached hydrogens (tertiary/aromatic N) is 4. The van der Waals surface area contributed by atoms with Crippen molar-refractivity contribution < 1.29 is 17.7 Å². The van der Waals surface area contributed by atoms with Crippen LogP contribution in [0.2, 0.25) is 0 Å². The highest BCUT2D eigenvalue weighted by atomic mass is 32.2. The largest absolute Gasteiger partial charge is 0.497 e. The van der Waals surface area contributed by atoms with Crippen LogP contribution in [-0.2, 0) is 10.0 Å². The third kappa shape index (κ3) is 2.95. The average Bonchev–Trinajstić information content (AvgIpc) is 3.10. The van der Waals surface area contributed by atoms with Crippen molar-refractivity contribution in [2.24, 2.45) is 0 Å². The van der Waals surface area contributed by atoms with Crippen LogP contribution >= 0.6 is 0 Å². The van der Waals surface area contributed by atoms with E-state index < -0.39 is 10.0 Å². The molecule has 0 unspecified atom stereocenters. The van der Waals surface area contributed by atoms with Gasteiger partial charge in [-0.1, -0.05) is 5.16 Å². The molecular weight excluding hydrogens is 356 g/mol. The van der Waals surface area contributed by atoms with Gasteiger partial charge in [0.1, 0.15) is 5.75 Å². The maximum atomic E-state index is 12.6. The van der Waals surface area contributed by atoms with Crippen LogP contribution in [0.1, 0.15) is 11.8 Å².